The Labute approximate surface area is 194 Å². The first-order valence-electron chi connectivity index (χ1n) is 12.8. The van der Waals surface area contributed by atoms with E-state index in [2.05, 4.69) is 54.6 Å². The van der Waals surface area contributed by atoms with Gasteiger partial charge in [-0.2, -0.15) is 0 Å². The number of fused-ring (bicyclic) bond motifs is 1. The van der Waals surface area contributed by atoms with Crippen LogP contribution in [-0.4, -0.2) is 47.7 Å². The standard InChI is InChI=1S/C27H42N2O3/c1-5-6-7-8-9-10-15-29-20-23(25-12-11-24(30-4)18-26(25)29)19-28-16-13-27(14-17-28)31-21(2)22(3)32-27/h11-12,18,20-22H,5-10,13-17,19H2,1-4H3. The first-order chi connectivity index (χ1) is 15.5. The summed E-state index contributed by atoms with van der Waals surface area (Å²) in [5, 5.41) is 1.35. The van der Waals surface area contributed by atoms with Gasteiger partial charge < -0.3 is 18.8 Å². The average molecular weight is 443 g/mol. The van der Waals surface area contributed by atoms with Crippen molar-refractivity contribution in [3.63, 3.8) is 0 Å². The van der Waals surface area contributed by atoms with Gasteiger partial charge in [0.25, 0.3) is 0 Å². The summed E-state index contributed by atoms with van der Waals surface area (Å²) in [6.07, 6.45) is 12.6. The zero-order chi connectivity index (χ0) is 22.6. The summed E-state index contributed by atoms with van der Waals surface area (Å²) in [5.41, 5.74) is 2.71. The fourth-order valence-corrected chi connectivity index (χ4v) is 5.27. The van der Waals surface area contributed by atoms with Gasteiger partial charge in [0, 0.05) is 56.7 Å². The Bertz CT molecular complexity index is 857. The van der Waals surface area contributed by atoms with Crippen LogP contribution in [0.3, 0.4) is 0 Å². The van der Waals surface area contributed by atoms with E-state index in [9.17, 15) is 0 Å². The molecular weight excluding hydrogens is 400 g/mol. The van der Waals surface area contributed by atoms with Crippen molar-refractivity contribution in [1.82, 2.24) is 9.47 Å². The number of likely N-dealkylation sites (tertiary alicyclic amines) is 1. The fourth-order valence-electron chi connectivity index (χ4n) is 5.27. The van der Waals surface area contributed by atoms with Gasteiger partial charge in [-0.1, -0.05) is 39.0 Å². The molecule has 2 fully saturated rings. The quantitative estimate of drug-likeness (QED) is 0.415. The SMILES string of the molecule is CCCCCCCCn1cc(CN2CCC3(CC2)OC(C)C(C)O3)c2ccc(OC)cc21. The third kappa shape index (κ3) is 5.32. The maximum atomic E-state index is 6.21. The number of nitrogens with zero attached hydrogens (tertiary/aromatic N) is 2. The number of aromatic nitrogens is 1. The molecular formula is C27H42N2O3. The number of piperidine rings is 1. The maximum absolute atomic E-state index is 6.21. The van der Waals surface area contributed by atoms with Crippen LogP contribution in [-0.2, 0) is 22.6 Å². The molecule has 2 aliphatic heterocycles. The fraction of sp³-hybridized carbons (Fsp3) is 0.704. The second kappa shape index (κ2) is 10.6. The van der Waals surface area contributed by atoms with Crippen molar-refractivity contribution in [2.45, 2.75) is 103 Å². The zero-order valence-electron chi connectivity index (χ0n) is 20.6. The molecule has 5 heteroatoms. The van der Waals surface area contributed by atoms with Gasteiger partial charge in [-0.25, -0.2) is 0 Å². The zero-order valence-corrected chi connectivity index (χ0v) is 20.6. The first-order valence-corrected chi connectivity index (χ1v) is 12.8. The smallest absolute Gasteiger partial charge is 0.171 e. The molecule has 2 aliphatic rings. The molecule has 178 valence electrons. The lowest BCUT2D eigenvalue weighted by Gasteiger charge is -2.38. The van der Waals surface area contributed by atoms with Gasteiger partial charge in [-0.3, -0.25) is 4.90 Å². The third-order valence-electron chi connectivity index (χ3n) is 7.40. The molecule has 2 saturated heterocycles. The summed E-state index contributed by atoms with van der Waals surface area (Å²) < 4.78 is 20.4. The molecule has 1 aromatic carbocycles. The highest BCUT2D eigenvalue weighted by molar-refractivity contribution is 5.85. The number of hydrogen-bond acceptors (Lipinski definition) is 4. The minimum atomic E-state index is -0.353. The van der Waals surface area contributed by atoms with Crippen LogP contribution in [0.15, 0.2) is 24.4 Å². The lowest BCUT2D eigenvalue weighted by molar-refractivity contribution is -0.199. The van der Waals surface area contributed by atoms with E-state index in [0.29, 0.717) is 0 Å². The second-order valence-corrected chi connectivity index (χ2v) is 9.83. The monoisotopic (exact) mass is 442 g/mol. The summed E-state index contributed by atoms with van der Waals surface area (Å²) in [5.74, 6) is 0.583. The Kier molecular flexibility index (Phi) is 7.80. The Morgan fingerprint density at radius 1 is 1.00 bits per heavy atom. The third-order valence-corrected chi connectivity index (χ3v) is 7.40. The van der Waals surface area contributed by atoms with Crippen LogP contribution in [0.1, 0.15) is 77.7 Å². The van der Waals surface area contributed by atoms with Crippen LogP contribution in [0.5, 0.6) is 5.75 Å². The molecule has 0 N–H and O–H groups in total. The highest BCUT2D eigenvalue weighted by atomic mass is 16.8. The van der Waals surface area contributed by atoms with Crippen molar-refractivity contribution in [2.24, 2.45) is 0 Å². The van der Waals surface area contributed by atoms with Crippen LogP contribution in [0.2, 0.25) is 0 Å². The van der Waals surface area contributed by atoms with Gasteiger partial charge in [0.05, 0.1) is 24.8 Å². The lowest BCUT2D eigenvalue weighted by atomic mass is 10.0. The number of benzene rings is 1. The van der Waals surface area contributed by atoms with E-state index in [1.54, 1.807) is 7.11 Å². The van der Waals surface area contributed by atoms with Crippen LogP contribution < -0.4 is 4.74 Å². The van der Waals surface area contributed by atoms with E-state index in [-0.39, 0.29) is 18.0 Å². The van der Waals surface area contributed by atoms with E-state index >= 15 is 0 Å². The number of rotatable bonds is 10. The number of hydrogen-bond donors (Lipinski definition) is 0. The Hall–Kier alpha value is -1.56. The molecule has 0 bridgehead atoms. The molecule has 0 aliphatic carbocycles. The molecule has 5 nitrogen and oxygen atoms in total. The largest absolute Gasteiger partial charge is 0.497 e. The molecule has 32 heavy (non-hydrogen) atoms. The number of methoxy groups -OCH3 is 1. The predicted octanol–water partition coefficient (Wildman–Crippen LogP) is 6.13. The number of ether oxygens (including phenoxy) is 3. The molecule has 2 aromatic rings. The second-order valence-electron chi connectivity index (χ2n) is 9.83. The van der Waals surface area contributed by atoms with E-state index in [4.69, 9.17) is 14.2 Å². The molecule has 1 spiro atoms. The predicted molar refractivity (Wildman–Crippen MR) is 130 cm³/mol. The van der Waals surface area contributed by atoms with Crippen molar-refractivity contribution in [3.05, 3.63) is 30.0 Å². The van der Waals surface area contributed by atoms with Crippen molar-refractivity contribution in [1.29, 1.82) is 0 Å². The van der Waals surface area contributed by atoms with E-state index in [1.807, 2.05) is 0 Å². The van der Waals surface area contributed by atoms with Gasteiger partial charge in [0.15, 0.2) is 5.79 Å². The highest BCUT2D eigenvalue weighted by Gasteiger charge is 2.45. The average Bonchev–Trinajstić information content (AvgIpc) is 3.28. The molecule has 0 saturated carbocycles. The molecule has 2 atom stereocenters. The molecule has 2 unspecified atom stereocenters. The topological polar surface area (TPSA) is 35.9 Å². The summed E-state index contributed by atoms with van der Waals surface area (Å²) in [6, 6.07) is 6.53. The lowest BCUT2D eigenvalue weighted by Crippen LogP contribution is -2.45. The molecule has 0 amide bonds. The van der Waals surface area contributed by atoms with Gasteiger partial charge in [0.1, 0.15) is 5.75 Å². The van der Waals surface area contributed by atoms with Crippen LogP contribution >= 0.6 is 0 Å². The molecule has 3 heterocycles. The van der Waals surface area contributed by atoms with Crippen molar-refractivity contribution in [3.8, 4) is 5.75 Å². The van der Waals surface area contributed by atoms with Crippen LogP contribution in [0, 0.1) is 0 Å². The van der Waals surface area contributed by atoms with Gasteiger partial charge in [-0.05, 0) is 38.0 Å². The van der Waals surface area contributed by atoms with E-state index in [1.165, 1.54) is 55.0 Å². The molecule has 1 aromatic heterocycles. The van der Waals surface area contributed by atoms with E-state index < -0.39 is 0 Å². The van der Waals surface area contributed by atoms with Gasteiger partial charge >= 0.3 is 0 Å². The summed E-state index contributed by atoms with van der Waals surface area (Å²) in [6.45, 7) is 10.6. The molecule has 4 rings (SSSR count). The summed E-state index contributed by atoms with van der Waals surface area (Å²) >= 11 is 0. The minimum Gasteiger partial charge on any atom is -0.497 e. The number of aryl methyl sites for hydroxylation is 1. The maximum Gasteiger partial charge on any atom is 0.171 e. The Balaban J connectivity index is 1.41. The van der Waals surface area contributed by atoms with Crippen molar-refractivity contribution >= 4 is 10.9 Å². The Morgan fingerprint density at radius 2 is 1.69 bits per heavy atom. The summed E-state index contributed by atoms with van der Waals surface area (Å²) in [7, 11) is 1.75. The normalized spacial score (nSPS) is 23.4. The van der Waals surface area contributed by atoms with Gasteiger partial charge in [0.2, 0.25) is 0 Å². The minimum absolute atomic E-state index is 0.191. The summed E-state index contributed by atoms with van der Waals surface area (Å²) in [4.78, 5) is 2.56. The first kappa shape index (κ1) is 23.6. The Morgan fingerprint density at radius 3 is 2.38 bits per heavy atom. The molecule has 0 radical (unpaired) electrons. The highest BCUT2D eigenvalue weighted by Crippen LogP contribution is 2.38. The van der Waals surface area contributed by atoms with Gasteiger partial charge in [-0.15, -0.1) is 0 Å². The van der Waals surface area contributed by atoms with E-state index in [0.717, 1.165) is 44.8 Å². The van der Waals surface area contributed by atoms with Crippen molar-refractivity contribution < 1.29 is 14.2 Å². The van der Waals surface area contributed by atoms with Crippen LogP contribution in [0.25, 0.3) is 10.9 Å². The van der Waals surface area contributed by atoms with Crippen molar-refractivity contribution in [2.75, 3.05) is 20.2 Å². The van der Waals surface area contributed by atoms with Crippen LogP contribution in [0.4, 0.5) is 0 Å². The number of unbranched alkanes of at least 4 members (excludes halogenated alkanes) is 5.